The molecule has 1 atom stereocenters. The van der Waals surface area contributed by atoms with Crippen molar-refractivity contribution in [2.45, 2.75) is 64.5 Å². The molecule has 2 aromatic rings. The first kappa shape index (κ1) is 20.1. The summed E-state index contributed by atoms with van der Waals surface area (Å²) < 4.78 is 0. The lowest BCUT2D eigenvalue weighted by molar-refractivity contribution is -0.142. The Hall–Kier alpha value is -2.14. The second-order valence-electron chi connectivity index (χ2n) is 8.31. The summed E-state index contributed by atoms with van der Waals surface area (Å²) in [5.74, 6) is 0.215. The van der Waals surface area contributed by atoms with Crippen molar-refractivity contribution in [3.63, 3.8) is 0 Å². The molecule has 29 heavy (non-hydrogen) atoms. The van der Waals surface area contributed by atoms with Gasteiger partial charge in [0.1, 0.15) is 6.54 Å². The first-order chi connectivity index (χ1) is 14.1. The Bertz CT molecular complexity index is 869. The van der Waals surface area contributed by atoms with Crippen LogP contribution in [0.15, 0.2) is 35.7 Å². The van der Waals surface area contributed by atoms with E-state index in [1.165, 1.54) is 16.0 Å². The fraction of sp³-hybridized carbons (Fsp3) is 0.500. The Kier molecular flexibility index (Phi) is 6.04. The van der Waals surface area contributed by atoms with Crippen molar-refractivity contribution < 1.29 is 9.59 Å². The minimum Gasteiger partial charge on any atom is -0.330 e. The number of hydrogen-bond acceptors (Lipinski definition) is 3. The molecule has 1 aromatic carbocycles. The van der Waals surface area contributed by atoms with Gasteiger partial charge in [0.2, 0.25) is 11.8 Å². The normalized spacial score (nSPS) is 18.4. The highest BCUT2D eigenvalue weighted by Gasteiger charge is 2.37. The third kappa shape index (κ3) is 4.40. The van der Waals surface area contributed by atoms with Gasteiger partial charge >= 0.3 is 0 Å². The summed E-state index contributed by atoms with van der Waals surface area (Å²) in [6, 6.07) is 10.9. The molecule has 1 aliphatic carbocycles. The van der Waals surface area contributed by atoms with Gasteiger partial charge in [0, 0.05) is 23.9 Å². The summed E-state index contributed by atoms with van der Waals surface area (Å²) in [5.41, 5.74) is 3.61. The van der Waals surface area contributed by atoms with E-state index in [1.54, 1.807) is 11.3 Å². The fourth-order valence-corrected chi connectivity index (χ4v) is 5.11. The van der Waals surface area contributed by atoms with E-state index < -0.39 is 0 Å². The summed E-state index contributed by atoms with van der Waals surface area (Å²) in [6.45, 7) is 5.11. The molecule has 0 unspecified atom stereocenters. The first-order valence-electron chi connectivity index (χ1n) is 10.8. The van der Waals surface area contributed by atoms with Gasteiger partial charge in [0.15, 0.2) is 0 Å². The molecule has 1 saturated carbocycles. The monoisotopic (exact) mass is 410 g/mol. The van der Waals surface area contributed by atoms with Gasteiger partial charge in [-0.15, -0.1) is 11.3 Å². The van der Waals surface area contributed by atoms with Crippen molar-refractivity contribution >= 4 is 23.2 Å². The lowest BCUT2D eigenvalue weighted by Crippen LogP contribution is -2.47. The van der Waals surface area contributed by atoms with Crippen LogP contribution in [0.3, 0.4) is 0 Å². The molecule has 1 aliphatic heterocycles. The largest absolute Gasteiger partial charge is 0.330 e. The molecule has 0 bridgehead atoms. The first-order valence-corrected chi connectivity index (χ1v) is 11.7. The highest BCUT2D eigenvalue weighted by molar-refractivity contribution is 7.10. The lowest BCUT2D eigenvalue weighted by atomic mass is 9.92. The van der Waals surface area contributed by atoms with Crippen molar-refractivity contribution in [3.05, 3.63) is 57.3 Å². The SMILES string of the molecule is CCCCC(=O)N(CC(=O)N1CCc2sccc2[C@H]1c1ccc(C)cc1)C1CC1. The van der Waals surface area contributed by atoms with Crippen LogP contribution in [0, 0.1) is 6.92 Å². The Balaban J connectivity index is 1.57. The Morgan fingerprint density at radius 1 is 1.17 bits per heavy atom. The van der Waals surface area contributed by atoms with Gasteiger partial charge in [-0.2, -0.15) is 0 Å². The Labute approximate surface area is 177 Å². The van der Waals surface area contributed by atoms with Crippen LogP contribution in [-0.2, 0) is 16.0 Å². The van der Waals surface area contributed by atoms with Gasteiger partial charge in [0.05, 0.1) is 6.04 Å². The standard InChI is InChI=1S/C24H30N2O2S/c1-3-4-5-22(27)26(19-10-11-19)16-23(28)25-14-12-21-20(13-15-29-21)24(25)18-8-6-17(2)7-9-18/h6-9,13,15,19,24H,3-5,10-12,14,16H2,1-2H3/t24-/m1/s1. The van der Waals surface area contributed by atoms with Crippen molar-refractivity contribution in [1.29, 1.82) is 0 Å². The van der Waals surface area contributed by atoms with Gasteiger partial charge in [-0.25, -0.2) is 0 Å². The maximum absolute atomic E-state index is 13.4. The Morgan fingerprint density at radius 2 is 1.93 bits per heavy atom. The predicted molar refractivity (Wildman–Crippen MR) is 117 cm³/mol. The lowest BCUT2D eigenvalue weighted by Gasteiger charge is -2.37. The van der Waals surface area contributed by atoms with E-state index in [1.807, 2.05) is 9.80 Å². The molecule has 1 fully saturated rings. The van der Waals surface area contributed by atoms with Crippen LogP contribution in [0.25, 0.3) is 0 Å². The minimum atomic E-state index is -0.0510. The number of aryl methyl sites for hydroxylation is 1. The molecule has 0 radical (unpaired) electrons. The third-order valence-electron chi connectivity index (χ3n) is 6.04. The van der Waals surface area contributed by atoms with E-state index in [0.717, 1.165) is 37.7 Å². The van der Waals surface area contributed by atoms with Crippen LogP contribution >= 0.6 is 11.3 Å². The van der Waals surface area contributed by atoms with E-state index in [9.17, 15) is 9.59 Å². The average molecular weight is 411 g/mol. The molecule has 0 spiro atoms. The zero-order valence-corrected chi connectivity index (χ0v) is 18.2. The summed E-state index contributed by atoms with van der Waals surface area (Å²) in [5, 5.41) is 2.13. The van der Waals surface area contributed by atoms with Crippen molar-refractivity contribution in [2.24, 2.45) is 0 Å². The third-order valence-corrected chi connectivity index (χ3v) is 7.03. The summed E-state index contributed by atoms with van der Waals surface area (Å²) in [4.78, 5) is 31.4. The van der Waals surface area contributed by atoms with Crippen LogP contribution in [0.2, 0.25) is 0 Å². The summed E-state index contributed by atoms with van der Waals surface area (Å²) >= 11 is 1.78. The highest BCUT2D eigenvalue weighted by Crippen LogP contribution is 2.38. The molecule has 5 heteroatoms. The number of carbonyl (C=O) groups excluding carboxylic acids is 2. The molecule has 4 rings (SSSR count). The molecule has 2 heterocycles. The second-order valence-corrected chi connectivity index (χ2v) is 9.31. The van der Waals surface area contributed by atoms with Crippen LogP contribution < -0.4 is 0 Å². The number of fused-ring (bicyclic) bond motifs is 1. The van der Waals surface area contributed by atoms with Crippen molar-refractivity contribution in [3.8, 4) is 0 Å². The predicted octanol–water partition coefficient (Wildman–Crippen LogP) is 4.71. The average Bonchev–Trinajstić information content (AvgIpc) is 3.45. The van der Waals surface area contributed by atoms with E-state index in [0.29, 0.717) is 13.0 Å². The van der Waals surface area contributed by atoms with E-state index >= 15 is 0 Å². The zero-order chi connectivity index (χ0) is 20.4. The smallest absolute Gasteiger partial charge is 0.243 e. The van der Waals surface area contributed by atoms with Gasteiger partial charge in [-0.05, 0) is 55.2 Å². The molecule has 0 N–H and O–H groups in total. The van der Waals surface area contributed by atoms with Crippen molar-refractivity contribution in [1.82, 2.24) is 9.80 Å². The van der Waals surface area contributed by atoms with Gasteiger partial charge in [0.25, 0.3) is 0 Å². The number of benzene rings is 1. The minimum absolute atomic E-state index is 0.0510. The molecule has 0 saturated heterocycles. The topological polar surface area (TPSA) is 40.6 Å². The summed E-state index contributed by atoms with van der Waals surface area (Å²) in [6.07, 6.45) is 5.40. The number of amides is 2. The summed E-state index contributed by atoms with van der Waals surface area (Å²) in [7, 11) is 0. The van der Waals surface area contributed by atoms with E-state index in [4.69, 9.17) is 0 Å². The van der Waals surface area contributed by atoms with Crippen LogP contribution in [0.1, 0.15) is 66.6 Å². The van der Waals surface area contributed by atoms with Crippen molar-refractivity contribution in [2.75, 3.05) is 13.1 Å². The second kappa shape index (κ2) is 8.70. The zero-order valence-electron chi connectivity index (χ0n) is 17.4. The number of nitrogens with zero attached hydrogens (tertiary/aromatic N) is 2. The number of unbranched alkanes of at least 4 members (excludes halogenated alkanes) is 1. The molecule has 2 aliphatic rings. The van der Waals surface area contributed by atoms with Crippen LogP contribution in [-0.4, -0.2) is 40.7 Å². The number of thiophene rings is 1. The van der Waals surface area contributed by atoms with E-state index in [2.05, 4.69) is 49.6 Å². The quantitative estimate of drug-likeness (QED) is 0.663. The molecule has 2 amide bonds. The van der Waals surface area contributed by atoms with E-state index in [-0.39, 0.29) is 30.4 Å². The molecular weight excluding hydrogens is 380 g/mol. The van der Waals surface area contributed by atoms with Gasteiger partial charge in [-0.3, -0.25) is 9.59 Å². The maximum Gasteiger partial charge on any atom is 0.243 e. The van der Waals surface area contributed by atoms with Gasteiger partial charge < -0.3 is 9.80 Å². The fourth-order valence-electron chi connectivity index (χ4n) is 4.21. The molecular formula is C24H30N2O2S. The highest BCUT2D eigenvalue weighted by atomic mass is 32.1. The number of hydrogen-bond donors (Lipinski definition) is 0. The Morgan fingerprint density at radius 3 is 2.62 bits per heavy atom. The van der Waals surface area contributed by atoms with Crippen LogP contribution in [0.5, 0.6) is 0 Å². The number of rotatable bonds is 7. The van der Waals surface area contributed by atoms with Crippen LogP contribution in [0.4, 0.5) is 0 Å². The maximum atomic E-state index is 13.4. The molecule has 154 valence electrons. The molecule has 1 aromatic heterocycles. The molecule has 4 nitrogen and oxygen atoms in total. The van der Waals surface area contributed by atoms with Gasteiger partial charge in [-0.1, -0.05) is 43.2 Å². The number of carbonyl (C=O) groups is 2.